The van der Waals surface area contributed by atoms with Crippen molar-refractivity contribution < 1.29 is 14.6 Å². The zero-order valence-corrected chi connectivity index (χ0v) is 12.1. The maximum Gasteiger partial charge on any atom is 0.303 e. The quantitative estimate of drug-likeness (QED) is 0.907. The molecule has 104 valence electrons. The molecule has 1 saturated heterocycles. The van der Waals surface area contributed by atoms with E-state index in [0.29, 0.717) is 13.2 Å². The molecule has 1 unspecified atom stereocenters. The number of hydrogen-bond donors (Lipinski definition) is 1. The van der Waals surface area contributed by atoms with Crippen molar-refractivity contribution in [2.45, 2.75) is 39.5 Å². The second-order valence-corrected chi connectivity index (χ2v) is 5.90. The third-order valence-electron chi connectivity index (χ3n) is 4.52. The van der Waals surface area contributed by atoms with E-state index in [0.717, 1.165) is 0 Å². The summed E-state index contributed by atoms with van der Waals surface area (Å²) in [4.78, 5) is 11.0. The van der Waals surface area contributed by atoms with Gasteiger partial charge in [-0.05, 0) is 48.9 Å². The number of carboxylic acids is 1. The number of carbonyl (C=O) groups is 1. The zero-order chi connectivity index (χ0) is 14.2. The smallest absolute Gasteiger partial charge is 0.303 e. The first kappa shape index (κ1) is 14.1. The Kier molecular flexibility index (Phi) is 3.68. The van der Waals surface area contributed by atoms with E-state index in [9.17, 15) is 4.79 Å². The molecule has 1 atom stereocenters. The number of benzene rings is 1. The largest absolute Gasteiger partial charge is 0.481 e. The normalized spacial score (nSPS) is 18.7. The summed E-state index contributed by atoms with van der Waals surface area (Å²) in [7, 11) is 0. The van der Waals surface area contributed by atoms with Crippen LogP contribution in [0.1, 0.15) is 35.6 Å². The van der Waals surface area contributed by atoms with Gasteiger partial charge < -0.3 is 9.84 Å². The Morgan fingerprint density at radius 1 is 1.26 bits per heavy atom. The van der Waals surface area contributed by atoms with E-state index in [1.807, 2.05) is 6.92 Å². The lowest BCUT2D eigenvalue weighted by Crippen LogP contribution is -2.52. The summed E-state index contributed by atoms with van der Waals surface area (Å²) < 4.78 is 5.43. The molecule has 1 fully saturated rings. The van der Waals surface area contributed by atoms with Crippen molar-refractivity contribution >= 4 is 5.97 Å². The van der Waals surface area contributed by atoms with E-state index in [2.05, 4.69) is 32.9 Å². The molecule has 2 rings (SSSR count). The van der Waals surface area contributed by atoms with Gasteiger partial charge in [0.2, 0.25) is 0 Å². The van der Waals surface area contributed by atoms with Gasteiger partial charge in [0.1, 0.15) is 0 Å². The molecule has 3 nitrogen and oxygen atoms in total. The minimum atomic E-state index is -0.736. The van der Waals surface area contributed by atoms with E-state index in [1.54, 1.807) is 0 Å². The van der Waals surface area contributed by atoms with Crippen LogP contribution in [-0.2, 0) is 14.9 Å². The predicted octanol–water partition coefficient (Wildman–Crippen LogP) is 2.99. The van der Waals surface area contributed by atoms with Gasteiger partial charge in [-0.1, -0.05) is 19.1 Å². The van der Waals surface area contributed by atoms with Crippen LogP contribution in [-0.4, -0.2) is 24.3 Å². The lowest BCUT2D eigenvalue weighted by Gasteiger charge is -2.47. The van der Waals surface area contributed by atoms with Gasteiger partial charge in [0.15, 0.2) is 0 Å². The molecule has 0 amide bonds. The topological polar surface area (TPSA) is 46.5 Å². The molecule has 0 spiro atoms. The lowest BCUT2D eigenvalue weighted by molar-refractivity contribution is -0.142. The standard InChI is InChI=1S/C16H22O3/c1-10-5-12(3)14(6-11(10)2)16(8-19-9-16)13(4)7-15(17)18/h5-6,13H,7-9H2,1-4H3,(H,17,18). The second kappa shape index (κ2) is 4.97. The molecular weight excluding hydrogens is 240 g/mol. The lowest BCUT2D eigenvalue weighted by atomic mass is 9.66. The molecule has 3 heteroatoms. The number of aryl methyl sites for hydroxylation is 3. The summed E-state index contributed by atoms with van der Waals surface area (Å²) in [5, 5.41) is 9.04. The van der Waals surface area contributed by atoms with Crippen molar-refractivity contribution in [2.24, 2.45) is 5.92 Å². The molecule has 1 aromatic rings. The minimum absolute atomic E-state index is 0.0829. The number of carboxylic acid groups (broad SMARTS) is 1. The summed E-state index contributed by atoms with van der Waals surface area (Å²) in [6.07, 6.45) is 0.190. The summed E-state index contributed by atoms with van der Waals surface area (Å²) in [5.41, 5.74) is 4.91. The minimum Gasteiger partial charge on any atom is -0.481 e. The molecule has 1 aliphatic rings. The summed E-state index contributed by atoms with van der Waals surface area (Å²) in [6.45, 7) is 9.60. The molecule has 19 heavy (non-hydrogen) atoms. The number of rotatable bonds is 4. The van der Waals surface area contributed by atoms with Crippen molar-refractivity contribution in [3.8, 4) is 0 Å². The Morgan fingerprint density at radius 2 is 1.84 bits per heavy atom. The zero-order valence-electron chi connectivity index (χ0n) is 12.1. The van der Waals surface area contributed by atoms with Crippen molar-refractivity contribution in [1.29, 1.82) is 0 Å². The van der Waals surface area contributed by atoms with Crippen LogP contribution in [0, 0.1) is 26.7 Å². The molecule has 1 N–H and O–H groups in total. The van der Waals surface area contributed by atoms with Crippen LogP contribution in [0.2, 0.25) is 0 Å². The fraction of sp³-hybridized carbons (Fsp3) is 0.562. The third kappa shape index (κ3) is 2.39. The molecule has 0 aliphatic carbocycles. The fourth-order valence-electron chi connectivity index (χ4n) is 2.98. The van der Waals surface area contributed by atoms with Gasteiger partial charge in [-0.15, -0.1) is 0 Å². The first-order chi connectivity index (χ1) is 8.86. The van der Waals surface area contributed by atoms with Crippen LogP contribution in [0.3, 0.4) is 0 Å². The van der Waals surface area contributed by atoms with Crippen molar-refractivity contribution in [3.63, 3.8) is 0 Å². The Morgan fingerprint density at radius 3 is 2.32 bits per heavy atom. The Hall–Kier alpha value is -1.35. The number of hydrogen-bond acceptors (Lipinski definition) is 2. The van der Waals surface area contributed by atoms with Crippen molar-refractivity contribution in [3.05, 3.63) is 34.4 Å². The van der Waals surface area contributed by atoms with Gasteiger partial charge in [-0.2, -0.15) is 0 Å². The van der Waals surface area contributed by atoms with Gasteiger partial charge in [-0.3, -0.25) is 4.79 Å². The van der Waals surface area contributed by atoms with Crippen LogP contribution in [0.4, 0.5) is 0 Å². The van der Waals surface area contributed by atoms with Gasteiger partial charge >= 0.3 is 5.97 Å². The van der Waals surface area contributed by atoms with Crippen LogP contribution in [0.15, 0.2) is 12.1 Å². The molecular formula is C16H22O3. The molecule has 0 radical (unpaired) electrons. The van der Waals surface area contributed by atoms with Crippen LogP contribution < -0.4 is 0 Å². The average molecular weight is 262 g/mol. The van der Waals surface area contributed by atoms with Crippen molar-refractivity contribution in [2.75, 3.05) is 13.2 Å². The van der Waals surface area contributed by atoms with E-state index in [4.69, 9.17) is 9.84 Å². The van der Waals surface area contributed by atoms with Crippen LogP contribution >= 0.6 is 0 Å². The van der Waals surface area contributed by atoms with Crippen LogP contribution in [0.25, 0.3) is 0 Å². The molecule has 0 saturated carbocycles. The van der Waals surface area contributed by atoms with Gasteiger partial charge in [0.25, 0.3) is 0 Å². The summed E-state index contributed by atoms with van der Waals surface area (Å²) >= 11 is 0. The Bertz CT molecular complexity index is 501. The monoisotopic (exact) mass is 262 g/mol. The van der Waals surface area contributed by atoms with Crippen molar-refractivity contribution in [1.82, 2.24) is 0 Å². The summed E-state index contributed by atoms with van der Waals surface area (Å²) in [6, 6.07) is 4.41. The predicted molar refractivity (Wildman–Crippen MR) is 74.6 cm³/mol. The molecule has 1 aromatic carbocycles. The van der Waals surface area contributed by atoms with E-state index < -0.39 is 5.97 Å². The molecule has 0 bridgehead atoms. The van der Waals surface area contributed by atoms with Gasteiger partial charge in [-0.25, -0.2) is 0 Å². The Labute approximate surface area is 114 Å². The Balaban J connectivity index is 2.41. The maximum atomic E-state index is 11.0. The van der Waals surface area contributed by atoms with Gasteiger partial charge in [0.05, 0.1) is 13.2 Å². The number of ether oxygens (including phenoxy) is 1. The second-order valence-electron chi connectivity index (χ2n) is 5.90. The highest BCUT2D eigenvalue weighted by atomic mass is 16.5. The van der Waals surface area contributed by atoms with E-state index in [1.165, 1.54) is 22.3 Å². The highest BCUT2D eigenvalue weighted by Gasteiger charge is 2.46. The third-order valence-corrected chi connectivity index (χ3v) is 4.52. The van der Waals surface area contributed by atoms with Gasteiger partial charge in [0, 0.05) is 11.8 Å². The fourth-order valence-corrected chi connectivity index (χ4v) is 2.98. The molecule has 1 aliphatic heterocycles. The maximum absolute atomic E-state index is 11.0. The first-order valence-corrected chi connectivity index (χ1v) is 6.74. The number of aliphatic carboxylic acids is 1. The van der Waals surface area contributed by atoms with E-state index in [-0.39, 0.29) is 17.8 Å². The van der Waals surface area contributed by atoms with E-state index >= 15 is 0 Å². The van der Waals surface area contributed by atoms with Crippen LogP contribution in [0.5, 0.6) is 0 Å². The first-order valence-electron chi connectivity index (χ1n) is 6.74. The average Bonchev–Trinajstić information content (AvgIpc) is 2.22. The highest BCUT2D eigenvalue weighted by Crippen LogP contribution is 2.43. The molecule has 1 heterocycles. The summed E-state index contributed by atoms with van der Waals surface area (Å²) in [5.74, 6) is -0.653. The SMILES string of the molecule is Cc1cc(C)c(C2(C(C)CC(=O)O)COC2)cc1C. The molecule has 0 aromatic heterocycles. The highest BCUT2D eigenvalue weighted by molar-refractivity contribution is 5.67.